The average molecular weight is 237 g/mol. The first kappa shape index (κ1) is 11.8. The van der Waals surface area contributed by atoms with Gasteiger partial charge in [-0.3, -0.25) is 0 Å². The van der Waals surface area contributed by atoms with Crippen molar-refractivity contribution in [2.24, 2.45) is 0 Å². The Kier molecular flexibility index (Phi) is 3.77. The van der Waals surface area contributed by atoms with Crippen LogP contribution < -0.4 is 0 Å². The lowest BCUT2D eigenvalue weighted by Crippen LogP contribution is -2.01. The summed E-state index contributed by atoms with van der Waals surface area (Å²) in [6.07, 6.45) is 7.10. The lowest BCUT2D eigenvalue weighted by atomic mass is 10.1. The molecular weight excluding hydrogens is 218 g/mol. The van der Waals surface area contributed by atoms with Crippen LogP contribution >= 0.6 is 11.3 Å². The van der Waals surface area contributed by atoms with Crippen molar-refractivity contribution in [3.8, 4) is 0 Å². The Labute approximate surface area is 101 Å². The summed E-state index contributed by atoms with van der Waals surface area (Å²) in [6, 6.07) is 0. The summed E-state index contributed by atoms with van der Waals surface area (Å²) in [5.74, 6) is 0. The molecule has 0 saturated carbocycles. The zero-order valence-corrected chi connectivity index (χ0v) is 10.8. The molecule has 0 bridgehead atoms. The minimum absolute atomic E-state index is 0.236. The van der Waals surface area contributed by atoms with Crippen molar-refractivity contribution in [3.63, 3.8) is 0 Å². The second-order valence-electron chi connectivity index (χ2n) is 4.56. The molecule has 0 spiro atoms. The third-order valence-corrected chi connectivity index (χ3v) is 4.20. The summed E-state index contributed by atoms with van der Waals surface area (Å²) < 4.78 is 0. The summed E-state index contributed by atoms with van der Waals surface area (Å²) in [5.41, 5.74) is 2.51. The summed E-state index contributed by atoms with van der Waals surface area (Å²) in [4.78, 5) is 5.87. The molecule has 0 saturated heterocycles. The first-order valence-electron chi connectivity index (χ1n) is 5.95. The predicted molar refractivity (Wildman–Crippen MR) is 67.8 cm³/mol. The van der Waals surface area contributed by atoms with Crippen LogP contribution in [-0.4, -0.2) is 16.2 Å². The highest BCUT2D eigenvalue weighted by molar-refractivity contribution is 7.11. The number of aromatic nitrogens is 1. The Hall–Kier alpha value is -0.670. The average Bonchev–Trinajstić information content (AvgIpc) is 2.43. The second-order valence-corrected chi connectivity index (χ2v) is 5.85. The molecule has 88 valence electrons. The molecule has 1 aliphatic rings. The highest BCUT2D eigenvalue weighted by Gasteiger charge is 2.12. The Morgan fingerprint density at radius 1 is 1.44 bits per heavy atom. The molecule has 1 atom stereocenters. The van der Waals surface area contributed by atoms with Crippen molar-refractivity contribution in [3.05, 3.63) is 27.2 Å². The standard InChI is InChI=1S/C13H19NOS/c1-9-10(2)16-13(14-9)8-11-5-3-4-6-12(15)7-11/h7,12,15H,3-6,8H2,1-2H3. The van der Waals surface area contributed by atoms with Gasteiger partial charge in [0.25, 0.3) is 0 Å². The van der Waals surface area contributed by atoms with E-state index in [0.717, 1.165) is 31.4 Å². The molecule has 16 heavy (non-hydrogen) atoms. The van der Waals surface area contributed by atoms with Crippen LogP contribution in [0, 0.1) is 13.8 Å². The number of nitrogens with zero attached hydrogens (tertiary/aromatic N) is 1. The van der Waals surface area contributed by atoms with Gasteiger partial charge in [-0.25, -0.2) is 4.98 Å². The number of thiazole rings is 1. The number of allylic oxidation sites excluding steroid dienone is 1. The van der Waals surface area contributed by atoms with Gasteiger partial charge >= 0.3 is 0 Å². The highest BCUT2D eigenvalue weighted by Crippen LogP contribution is 2.24. The second kappa shape index (κ2) is 5.11. The monoisotopic (exact) mass is 237 g/mol. The molecule has 1 aromatic heterocycles. The van der Waals surface area contributed by atoms with Gasteiger partial charge < -0.3 is 5.11 Å². The molecule has 0 radical (unpaired) electrons. The van der Waals surface area contributed by atoms with E-state index >= 15 is 0 Å². The summed E-state index contributed by atoms with van der Waals surface area (Å²) in [5, 5.41) is 10.9. The van der Waals surface area contributed by atoms with E-state index in [9.17, 15) is 5.11 Å². The van der Waals surface area contributed by atoms with Gasteiger partial charge in [0.05, 0.1) is 16.8 Å². The molecule has 1 heterocycles. The first-order chi connectivity index (χ1) is 7.65. The Morgan fingerprint density at radius 3 is 2.94 bits per heavy atom. The number of aryl methyl sites for hydroxylation is 2. The molecule has 1 aromatic rings. The fourth-order valence-electron chi connectivity index (χ4n) is 2.10. The fraction of sp³-hybridized carbons (Fsp3) is 0.615. The number of aliphatic hydroxyl groups is 1. The molecule has 1 N–H and O–H groups in total. The van der Waals surface area contributed by atoms with Crippen LogP contribution in [0.4, 0.5) is 0 Å². The molecule has 1 unspecified atom stereocenters. The van der Waals surface area contributed by atoms with Gasteiger partial charge in [-0.1, -0.05) is 18.1 Å². The minimum atomic E-state index is -0.236. The summed E-state index contributed by atoms with van der Waals surface area (Å²) in [6.45, 7) is 4.18. The van der Waals surface area contributed by atoms with Gasteiger partial charge in [0.15, 0.2) is 0 Å². The molecule has 0 aliphatic heterocycles. The normalized spacial score (nSPS) is 21.7. The lowest BCUT2D eigenvalue weighted by molar-refractivity contribution is 0.211. The highest BCUT2D eigenvalue weighted by atomic mass is 32.1. The summed E-state index contributed by atoms with van der Waals surface area (Å²) >= 11 is 1.78. The van der Waals surface area contributed by atoms with Gasteiger partial charge in [-0.2, -0.15) is 0 Å². The van der Waals surface area contributed by atoms with Gasteiger partial charge in [0, 0.05) is 11.3 Å². The van der Waals surface area contributed by atoms with Crippen LogP contribution in [-0.2, 0) is 6.42 Å². The maximum atomic E-state index is 9.70. The largest absolute Gasteiger partial charge is 0.389 e. The zero-order valence-electron chi connectivity index (χ0n) is 9.99. The predicted octanol–water partition coefficient (Wildman–Crippen LogP) is 3.16. The fourth-order valence-corrected chi connectivity index (χ4v) is 3.09. The van der Waals surface area contributed by atoms with Crippen LogP contribution in [0.15, 0.2) is 11.6 Å². The molecular formula is C13H19NOS. The molecule has 0 aromatic carbocycles. The lowest BCUT2D eigenvalue weighted by Gasteiger charge is -2.03. The van der Waals surface area contributed by atoms with Crippen LogP contribution in [0.5, 0.6) is 0 Å². The summed E-state index contributed by atoms with van der Waals surface area (Å²) in [7, 11) is 0. The van der Waals surface area contributed by atoms with Crippen LogP contribution in [0.1, 0.15) is 41.3 Å². The van der Waals surface area contributed by atoms with Crippen molar-refractivity contribution in [1.82, 2.24) is 4.98 Å². The molecule has 2 nitrogen and oxygen atoms in total. The van der Waals surface area contributed by atoms with Gasteiger partial charge in [-0.15, -0.1) is 11.3 Å². The Balaban J connectivity index is 2.08. The molecule has 2 rings (SSSR count). The van der Waals surface area contributed by atoms with Gasteiger partial charge in [-0.05, 0) is 33.1 Å². The number of hydrogen-bond donors (Lipinski definition) is 1. The molecule has 0 amide bonds. The van der Waals surface area contributed by atoms with E-state index in [0.29, 0.717) is 0 Å². The molecule has 3 heteroatoms. The minimum Gasteiger partial charge on any atom is -0.389 e. The molecule has 1 aliphatic carbocycles. The maximum Gasteiger partial charge on any atom is 0.0971 e. The van der Waals surface area contributed by atoms with Crippen molar-refractivity contribution in [2.75, 3.05) is 0 Å². The third kappa shape index (κ3) is 2.92. The van der Waals surface area contributed by atoms with E-state index in [1.807, 2.05) is 6.08 Å². The zero-order chi connectivity index (χ0) is 11.5. The van der Waals surface area contributed by atoms with Crippen molar-refractivity contribution in [1.29, 1.82) is 0 Å². The van der Waals surface area contributed by atoms with Gasteiger partial charge in [0.1, 0.15) is 0 Å². The van der Waals surface area contributed by atoms with Crippen molar-refractivity contribution >= 4 is 11.3 Å². The smallest absolute Gasteiger partial charge is 0.0971 e. The van der Waals surface area contributed by atoms with E-state index in [1.54, 1.807) is 11.3 Å². The SMILES string of the molecule is Cc1nc(CC2=CC(O)CCCC2)sc1C. The third-order valence-electron chi connectivity index (χ3n) is 3.13. The topological polar surface area (TPSA) is 33.1 Å². The van der Waals surface area contributed by atoms with Crippen LogP contribution in [0.2, 0.25) is 0 Å². The van der Waals surface area contributed by atoms with Crippen molar-refractivity contribution in [2.45, 2.75) is 52.1 Å². The van der Waals surface area contributed by atoms with E-state index < -0.39 is 0 Å². The van der Waals surface area contributed by atoms with Crippen molar-refractivity contribution < 1.29 is 5.11 Å². The quantitative estimate of drug-likeness (QED) is 0.801. The van der Waals surface area contributed by atoms with Gasteiger partial charge in [0.2, 0.25) is 0 Å². The van der Waals surface area contributed by atoms with E-state index in [-0.39, 0.29) is 6.10 Å². The van der Waals surface area contributed by atoms with E-state index in [2.05, 4.69) is 18.8 Å². The Morgan fingerprint density at radius 2 is 2.25 bits per heavy atom. The number of rotatable bonds is 2. The molecule has 0 fully saturated rings. The Bertz CT molecular complexity index is 375. The maximum absolute atomic E-state index is 9.70. The first-order valence-corrected chi connectivity index (χ1v) is 6.77. The van der Waals surface area contributed by atoms with Crippen LogP contribution in [0.25, 0.3) is 0 Å². The van der Waals surface area contributed by atoms with Crippen LogP contribution in [0.3, 0.4) is 0 Å². The van der Waals surface area contributed by atoms with E-state index in [4.69, 9.17) is 0 Å². The number of aliphatic hydroxyl groups excluding tert-OH is 1. The number of hydrogen-bond acceptors (Lipinski definition) is 3. The van der Waals surface area contributed by atoms with E-state index in [1.165, 1.54) is 21.9 Å².